The second-order valence-electron chi connectivity index (χ2n) is 4.67. The Bertz CT molecular complexity index is 433. The van der Waals surface area contributed by atoms with E-state index in [1.165, 1.54) is 0 Å². The SMILES string of the molecule is CCOC(=O)CC(CNC(=O)OCC)Cc1ccccc1. The highest BCUT2D eigenvalue weighted by molar-refractivity contribution is 5.70. The highest BCUT2D eigenvalue weighted by Crippen LogP contribution is 2.13. The maximum atomic E-state index is 11.6. The van der Waals surface area contributed by atoms with E-state index in [0.29, 0.717) is 26.2 Å². The molecule has 0 bridgehead atoms. The lowest BCUT2D eigenvalue weighted by atomic mass is 9.96. The van der Waals surface area contributed by atoms with Crippen molar-refractivity contribution in [2.75, 3.05) is 19.8 Å². The predicted molar refractivity (Wildman–Crippen MR) is 79.9 cm³/mol. The summed E-state index contributed by atoms with van der Waals surface area (Å²) in [5.74, 6) is -0.264. The number of alkyl carbamates (subject to hydrolysis) is 1. The van der Waals surface area contributed by atoms with Crippen LogP contribution in [-0.2, 0) is 20.7 Å². The van der Waals surface area contributed by atoms with Crippen molar-refractivity contribution in [2.24, 2.45) is 5.92 Å². The first-order chi connectivity index (χ1) is 10.2. The molecule has 0 saturated carbocycles. The van der Waals surface area contributed by atoms with Crippen LogP contribution in [0.1, 0.15) is 25.8 Å². The van der Waals surface area contributed by atoms with E-state index in [4.69, 9.17) is 9.47 Å². The fourth-order valence-electron chi connectivity index (χ4n) is 2.03. The standard InChI is InChI=1S/C16H23NO4/c1-3-20-15(18)11-14(12-17-16(19)21-4-2)10-13-8-6-5-7-9-13/h5-9,14H,3-4,10-12H2,1-2H3,(H,17,19). The summed E-state index contributed by atoms with van der Waals surface area (Å²) in [6.07, 6.45) is 0.515. The highest BCUT2D eigenvalue weighted by atomic mass is 16.5. The quantitative estimate of drug-likeness (QED) is 0.748. The van der Waals surface area contributed by atoms with E-state index < -0.39 is 6.09 Å². The molecule has 1 rings (SSSR count). The third-order valence-electron chi connectivity index (χ3n) is 2.94. The first-order valence-corrected chi connectivity index (χ1v) is 7.25. The van der Waals surface area contributed by atoms with Gasteiger partial charge in [-0.2, -0.15) is 0 Å². The summed E-state index contributed by atoms with van der Waals surface area (Å²) in [4.78, 5) is 23.0. The van der Waals surface area contributed by atoms with Crippen molar-refractivity contribution in [3.05, 3.63) is 35.9 Å². The van der Waals surface area contributed by atoms with Crippen LogP contribution in [0.4, 0.5) is 4.79 Å². The van der Waals surface area contributed by atoms with Crippen LogP contribution in [0.2, 0.25) is 0 Å². The van der Waals surface area contributed by atoms with Crippen molar-refractivity contribution >= 4 is 12.1 Å². The topological polar surface area (TPSA) is 64.6 Å². The predicted octanol–water partition coefficient (Wildman–Crippen LogP) is 2.54. The molecule has 5 nitrogen and oxygen atoms in total. The lowest BCUT2D eigenvalue weighted by Gasteiger charge is -2.17. The highest BCUT2D eigenvalue weighted by Gasteiger charge is 2.17. The van der Waals surface area contributed by atoms with Gasteiger partial charge in [-0.15, -0.1) is 0 Å². The molecule has 0 aliphatic heterocycles. The Kier molecular flexibility index (Phi) is 7.94. The van der Waals surface area contributed by atoms with Gasteiger partial charge in [0.2, 0.25) is 0 Å². The van der Waals surface area contributed by atoms with Gasteiger partial charge in [-0.25, -0.2) is 4.79 Å². The lowest BCUT2D eigenvalue weighted by Crippen LogP contribution is -2.32. The van der Waals surface area contributed by atoms with Crippen molar-refractivity contribution < 1.29 is 19.1 Å². The molecule has 1 aromatic rings. The summed E-state index contributed by atoms with van der Waals surface area (Å²) < 4.78 is 9.81. The maximum Gasteiger partial charge on any atom is 0.407 e. The third kappa shape index (κ3) is 7.34. The van der Waals surface area contributed by atoms with Crippen LogP contribution in [0.15, 0.2) is 30.3 Å². The van der Waals surface area contributed by atoms with Crippen molar-refractivity contribution in [1.82, 2.24) is 5.32 Å². The van der Waals surface area contributed by atoms with Crippen molar-refractivity contribution in [1.29, 1.82) is 0 Å². The first kappa shape index (κ1) is 17.0. The summed E-state index contributed by atoms with van der Waals surface area (Å²) >= 11 is 0. The number of carbonyl (C=O) groups excluding carboxylic acids is 2. The monoisotopic (exact) mass is 293 g/mol. The second kappa shape index (κ2) is 9.80. The minimum atomic E-state index is -0.459. The van der Waals surface area contributed by atoms with Crippen molar-refractivity contribution in [2.45, 2.75) is 26.7 Å². The molecule has 1 unspecified atom stereocenters. The van der Waals surface area contributed by atoms with Gasteiger partial charge in [0.05, 0.1) is 19.6 Å². The van der Waals surface area contributed by atoms with Gasteiger partial charge in [0.1, 0.15) is 0 Å². The van der Waals surface area contributed by atoms with Crippen LogP contribution in [0.25, 0.3) is 0 Å². The molecule has 1 N–H and O–H groups in total. The van der Waals surface area contributed by atoms with E-state index in [0.717, 1.165) is 5.56 Å². The Morgan fingerprint density at radius 2 is 1.76 bits per heavy atom. The molecule has 1 atom stereocenters. The zero-order valence-corrected chi connectivity index (χ0v) is 12.6. The number of rotatable bonds is 8. The molecule has 0 spiro atoms. The number of carbonyl (C=O) groups is 2. The summed E-state index contributed by atoms with van der Waals surface area (Å²) in [7, 11) is 0. The second-order valence-corrected chi connectivity index (χ2v) is 4.67. The summed E-state index contributed by atoms with van der Waals surface area (Å²) in [5.41, 5.74) is 1.12. The van der Waals surface area contributed by atoms with Crippen molar-refractivity contribution in [3.63, 3.8) is 0 Å². The average molecular weight is 293 g/mol. The van der Waals surface area contributed by atoms with Gasteiger partial charge in [-0.1, -0.05) is 30.3 Å². The molecular formula is C16H23NO4. The molecular weight excluding hydrogens is 270 g/mol. The molecule has 0 heterocycles. The Hall–Kier alpha value is -2.04. The van der Waals surface area contributed by atoms with Crippen molar-refractivity contribution in [3.8, 4) is 0 Å². The van der Waals surface area contributed by atoms with E-state index >= 15 is 0 Å². The van der Waals surface area contributed by atoms with Gasteiger partial charge in [0.15, 0.2) is 0 Å². The van der Waals surface area contributed by atoms with E-state index in [-0.39, 0.29) is 18.3 Å². The Morgan fingerprint density at radius 1 is 1.10 bits per heavy atom. The number of nitrogens with one attached hydrogen (secondary N) is 1. The number of hydrogen-bond acceptors (Lipinski definition) is 4. The fraction of sp³-hybridized carbons (Fsp3) is 0.500. The molecule has 0 aliphatic carbocycles. The Morgan fingerprint density at radius 3 is 2.38 bits per heavy atom. The van der Waals surface area contributed by atoms with Crippen LogP contribution in [0, 0.1) is 5.92 Å². The molecule has 21 heavy (non-hydrogen) atoms. The van der Waals surface area contributed by atoms with Gasteiger partial charge in [-0.05, 0) is 31.7 Å². The molecule has 0 saturated heterocycles. The first-order valence-electron chi connectivity index (χ1n) is 7.25. The third-order valence-corrected chi connectivity index (χ3v) is 2.94. The van der Waals surface area contributed by atoms with E-state index in [2.05, 4.69) is 5.32 Å². The van der Waals surface area contributed by atoms with Crippen LogP contribution < -0.4 is 5.32 Å². The fourth-order valence-corrected chi connectivity index (χ4v) is 2.03. The Labute approximate surface area is 125 Å². The van der Waals surface area contributed by atoms with Gasteiger partial charge < -0.3 is 14.8 Å². The normalized spacial score (nSPS) is 11.5. The minimum absolute atomic E-state index is 0.0177. The summed E-state index contributed by atoms with van der Waals surface area (Å²) in [5, 5.41) is 2.68. The van der Waals surface area contributed by atoms with Crippen LogP contribution in [-0.4, -0.2) is 31.8 Å². The average Bonchev–Trinajstić information content (AvgIpc) is 2.46. The van der Waals surface area contributed by atoms with Crippen LogP contribution in [0.5, 0.6) is 0 Å². The van der Waals surface area contributed by atoms with Gasteiger partial charge >= 0.3 is 12.1 Å². The molecule has 1 aromatic carbocycles. The largest absolute Gasteiger partial charge is 0.466 e. The number of benzene rings is 1. The van der Waals surface area contributed by atoms with E-state index in [1.807, 2.05) is 30.3 Å². The number of ether oxygens (including phenoxy) is 2. The smallest absolute Gasteiger partial charge is 0.407 e. The molecule has 0 aliphatic rings. The molecule has 0 aromatic heterocycles. The number of hydrogen-bond donors (Lipinski definition) is 1. The minimum Gasteiger partial charge on any atom is -0.466 e. The zero-order chi connectivity index (χ0) is 15.5. The summed E-state index contributed by atoms with van der Waals surface area (Å²) in [6.45, 7) is 4.60. The Balaban J connectivity index is 2.56. The zero-order valence-electron chi connectivity index (χ0n) is 12.6. The molecule has 1 amide bonds. The molecule has 5 heteroatoms. The maximum absolute atomic E-state index is 11.6. The van der Waals surface area contributed by atoms with Gasteiger partial charge in [0.25, 0.3) is 0 Å². The molecule has 0 fully saturated rings. The molecule has 0 radical (unpaired) electrons. The van der Waals surface area contributed by atoms with Crippen LogP contribution >= 0.6 is 0 Å². The van der Waals surface area contributed by atoms with Gasteiger partial charge in [0, 0.05) is 6.54 Å². The lowest BCUT2D eigenvalue weighted by molar-refractivity contribution is -0.144. The molecule has 116 valence electrons. The number of esters is 1. The van der Waals surface area contributed by atoms with E-state index in [9.17, 15) is 9.59 Å². The number of amides is 1. The van der Waals surface area contributed by atoms with Crippen LogP contribution in [0.3, 0.4) is 0 Å². The summed E-state index contributed by atoms with van der Waals surface area (Å²) in [6, 6.07) is 9.86. The van der Waals surface area contributed by atoms with E-state index in [1.54, 1.807) is 13.8 Å². The van der Waals surface area contributed by atoms with Gasteiger partial charge in [-0.3, -0.25) is 4.79 Å².